The van der Waals surface area contributed by atoms with Gasteiger partial charge in [-0.3, -0.25) is 14.7 Å². The normalized spacial score (nSPS) is 15.5. The molecule has 7 nitrogen and oxygen atoms in total. The van der Waals surface area contributed by atoms with Gasteiger partial charge in [0.15, 0.2) is 0 Å². The van der Waals surface area contributed by atoms with E-state index in [1.807, 2.05) is 32.0 Å². The van der Waals surface area contributed by atoms with Crippen LogP contribution in [0, 0.1) is 0 Å². The SMILES string of the molecule is CC(C)NC(=O)C[C@H]1NCc2cc(NC(=O)c3cc(Cl)cc4[nH]ncc34)ccc21. The summed E-state index contributed by atoms with van der Waals surface area (Å²) in [5, 5.41) is 17.2. The van der Waals surface area contributed by atoms with Gasteiger partial charge in [-0.2, -0.15) is 5.10 Å². The van der Waals surface area contributed by atoms with Gasteiger partial charge in [0.05, 0.1) is 17.3 Å². The first-order valence-corrected chi connectivity index (χ1v) is 9.88. The Kier molecular flexibility index (Phi) is 5.25. The van der Waals surface area contributed by atoms with Crippen LogP contribution in [0.2, 0.25) is 5.02 Å². The minimum Gasteiger partial charge on any atom is -0.354 e. The van der Waals surface area contributed by atoms with E-state index in [1.165, 1.54) is 0 Å². The Morgan fingerprint density at radius 1 is 1.28 bits per heavy atom. The van der Waals surface area contributed by atoms with E-state index < -0.39 is 0 Å². The molecule has 4 N–H and O–H groups in total. The van der Waals surface area contributed by atoms with Gasteiger partial charge in [-0.25, -0.2) is 0 Å². The zero-order valence-corrected chi connectivity index (χ0v) is 16.9. The summed E-state index contributed by atoms with van der Waals surface area (Å²) in [7, 11) is 0. The Morgan fingerprint density at radius 2 is 2.10 bits per heavy atom. The molecular formula is C21H22ClN5O2. The number of fused-ring (bicyclic) bond motifs is 2. The number of aromatic amines is 1. The largest absolute Gasteiger partial charge is 0.354 e. The van der Waals surface area contributed by atoms with Gasteiger partial charge in [-0.1, -0.05) is 17.7 Å². The molecule has 0 aliphatic carbocycles. The van der Waals surface area contributed by atoms with Gasteiger partial charge in [0.1, 0.15) is 0 Å². The fourth-order valence-corrected chi connectivity index (χ4v) is 3.89. The van der Waals surface area contributed by atoms with E-state index in [-0.39, 0.29) is 23.9 Å². The van der Waals surface area contributed by atoms with Crippen molar-refractivity contribution >= 4 is 40.0 Å². The highest BCUT2D eigenvalue weighted by Crippen LogP contribution is 2.30. The fraction of sp³-hybridized carbons (Fsp3) is 0.286. The molecule has 0 unspecified atom stereocenters. The van der Waals surface area contributed by atoms with Crippen molar-refractivity contribution in [3.63, 3.8) is 0 Å². The monoisotopic (exact) mass is 411 g/mol. The van der Waals surface area contributed by atoms with Crippen molar-refractivity contribution in [2.24, 2.45) is 0 Å². The summed E-state index contributed by atoms with van der Waals surface area (Å²) in [6, 6.07) is 9.22. The number of amides is 2. The average molecular weight is 412 g/mol. The molecule has 0 bridgehead atoms. The molecule has 3 aromatic rings. The van der Waals surface area contributed by atoms with Crippen molar-refractivity contribution < 1.29 is 9.59 Å². The smallest absolute Gasteiger partial charge is 0.256 e. The Labute approximate surface area is 173 Å². The highest BCUT2D eigenvalue weighted by atomic mass is 35.5. The van der Waals surface area contributed by atoms with Crippen molar-refractivity contribution in [3.8, 4) is 0 Å². The van der Waals surface area contributed by atoms with Crippen molar-refractivity contribution in [3.05, 3.63) is 58.2 Å². The van der Waals surface area contributed by atoms with Crippen LogP contribution in [0.25, 0.3) is 10.9 Å². The van der Waals surface area contributed by atoms with Crippen LogP contribution in [0.3, 0.4) is 0 Å². The van der Waals surface area contributed by atoms with Gasteiger partial charge < -0.3 is 16.0 Å². The summed E-state index contributed by atoms with van der Waals surface area (Å²) in [4.78, 5) is 24.9. The second-order valence-electron chi connectivity index (χ2n) is 7.51. The molecule has 1 aromatic heterocycles. The molecule has 29 heavy (non-hydrogen) atoms. The first kappa shape index (κ1) is 19.4. The summed E-state index contributed by atoms with van der Waals surface area (Å²) < 4.78 is 0. The number of hydrogen-bond acceptors (Lipinski definition) is 4. The third-order valence-electron chi connectivity index (χ3n) is 4.92. The number of H-pyrrole nitrogens is 1. The lowest BCUT2D eigenvalue weighted by molar-refractivity contribution is -0.122. The van der Waals surface area contributed by atoms with Gasteiger partial charge in [0, 0.05) is 41.1 Å². The molecule has 0 radical (unpaired) electrons. The van der Waals surface area contributed by atoms with Gasteiger partial charge in [0.2, 0.25) is 5.91 Å². The fourth-order valence-electron chi connectivity index (χ4n) is 3.67. The molecule has 0 saturated carbocycles. The molecular weight excluding hydrogens is 390 g/mol. The van der Waals surface area contributed by atoms with Crippen LogP contribution in [-0.2, 0) is 11.3 Å². The number of carbonyl (C=O) groups is 2. The molecule has 4 rings (SSSR count). The van der Waals surface area contributed by atoms with Crippen LogP contribution < -0.4 is 16.0 Å². The predicted octanol–water partition coefficient (Wildman–Crippen LogP) is 3.53. The second kappa shape index (κ2) is 7.85. The molecule has 0 saturated heterocycles. The van der Waals surface area contributed by atoms with Crippen LogP contribution in [0.1, 0.15) is 47.8 Å². The van der Waals surface area contributed by atoms with Crippen molar-refractivity contribution in [2.45, 2.75) is 38.9 Å². The third-order valence-corrected chi connectivity index (χ3v) is 5.14. The molecule has 2 aromatic carbocycles. The van der Waals surface area contributed by atoms with Crippen molar-refractivity contribution in [1.82, 2.24) is 20.8 Å². The second-order valence-corrected chi connectivity index (χ2v) is 7.95. The van der Waals surface area contributed by atoms with Crippen LogP contribution in [0.4, 0.5) is 5.69 Å². The molecule has 1 aliphatic rings. The van der Waals surface area contributed by atoms with E-state index >= 15 is 0 Å². The molecule has 0 spiro atoms. The molecule has 1 atom stereocenters. The topological polar surface area (TPSA) is 98.9 Å². The Bertz CT molecular complexity index is 1090. The Balaban J connectivity index is 1.50. The maximum absolute atomic E-state index is 12.8. The summed E-state index contributed by atoms with van der Waals surface area (Å²) >= 11 is 6.12. The maximum atomic E-state index is 12.8. The van der Waals surface area contributed by atoms with E-state index in [9.17, 15) is 9.59 Å². The number of benzene rings is 2. The zero-order chi connectivity index (χ0) is 20.5. The maximum Gasteiger partial charge on any atom is 0.256 e. The highest BCUT2D eigenvalue weighted by molar-refractivity contribution is 6.32. The predicted molar refractivity (Wildman–Crippen MR) is 113 cm³/mol. The number of aromatic nitrogens is 2. The molecule has 0 fully saturated rings. The summed E-state index contributed by atoms with van der Waals surface area (Å²) in [6.45, 7) is 4.54. The van der Waals surface area contributed by atoms with E-state index in [2.05, 4.69) is 26.1 Å². The number of nitrogens with one attached hydrogen (secondary N) is 4. The Morgan fingerprint density at radius 3 is 2.90 bits per heavy atom. The molecule has 150 valence electrons. The molecule has 2 amide bonds. The average Bonchev–Trinajstić information content (AvgIpc) is 3.27. The first-order chi connectivity index (χ1) is 13.9. The van der Waals surface area contributed by atoms with Gasteiger partial charge in [-0.15, -0.1) is 0 Å². The minimum atomic E-state index is -0.252. The number of hydrogen-bond donors (Lipinski definition) is 4. The van der Waals surface area contributed by atoms with E-state index in [1.54, 1.807) is 18.3 Å². The summed E-state index contributed by atoms with van der Waals surface area (Å²) in [5.74, 6) is -0.231. The number of carbonyl (C=O) groups excluding carboxylic acids is 2. The zero-order valence-electron chi connectivity index (χ0n) is 16.2. The molecule has 2 heterocycles. The van der Waals surface area contributed by atoms with E-state index in [0.29, 0.717) is 40.1 Å². The Hall–Kier alpha value is -2.90. The number of nitrogens with zero attached hydrogens (tertiary/aromatic N) is 1. The standard InChI is InChI=1S/C21H22ClN5O2/c1-11(2)25-20(28)8-18-15-4-3-14(5-12(15)9-23-18)26-21(29)16-6-13(22)7-19-17(16)10-24-27-19/h3-7,10-11,18,23H,8-9H2,1-2H3,(H,24,27)(H,25,28)(H,26,29)/t18-/m1/s1. The van der Waals surface area contributed by atoms with Crippen LogP contribution in [-0.4, -0.2) is 28.1 Å². The quantitative estimate of drug-likeness (QED) is 0.516. The highest BCUT2D eigenvalue weighted by Gasteiger charge is 2.25. The van der Waals surface area contributed by atoms with Crippen LogP contribution >= 0.6 is 11.6 Å². The van der Waals surface area contributed by atoms with Crippen LogP contribution in [0.15, 0.2) is 36.5 Å². The number of halogens is 1. The van der Waals surface area contributed by atoms with Gasteiger partial charge >= 0.3 is 0 Å². The molecule has 1 aliphatic heterocycles. The van der Waals surface area contributed by atoms with Gasteiger partial charge in [-0.05, 0) is 49.2 Å². The summed E-state index contributed by atoms with van der Waals surface area (Å²) in [5.41, 5.74) is 4.03. The molecule has 8 heteroatoms. The third kappa shape index (κ3) is 4.11. The lowest BCUT2D eigenvalue weighted by atomic mass is 10.0. The number of anilines is 1. The van der Waals surface area contributed by atoms with E-state index in [4.69, 9.17) is 11.6 Å². The van der Waals surface area contributed by atoms with Crippen LogP contribution in [0.5, 0.6) is 0 Å². The van der Waals surface area contributed by atoms with Gasteiger partial charge in [0.25, 0.3) is 5.91 Å². The first-order valence-electron chi connectivity index (χ1n) is 9.50. The summed E-state index contributed by atoms with van der Waals surface area (Å²) in [6.07, 6.45) is 2.00. The van der Waals surface area contributed by atoms with E-state index in [0.717, 1.165) is 11.1 Å². The van der Waals surface area contributed by atoms with Crippen molar-refractivity contribution in [2.75, 3.05) is 5.32 Å². The lowest BCUT2D eigenvalue weighted by Crippen LogP contribution is -2.32. The lowest BCUT2D eigenvalue weighted by Gasteiger charge is -2.14. The number of rotatable bonds is 5. The van der Waals surface area contributed by atoms with Crippen molar-refractivity contribution in [1.29, 1.82) is 0 Å². The minimum absolute atomic E-state index is 0.0211.